The Balaban J connectivity index is 2.00. The van der Waals surface area contributed by atoms with E-state index in [0.29, 0.717) is 6.54 Å². The summed E-state index contributed by atoms with van der Waals surface area (Å²) >= 11 is 0. The molecule has 0 spiro atoms. The summed E-state index contributed by atoms with van der Waals surface area (Å²) in [7, 11) is 3.59. The minimum atomic E-state index is 0.130. The molecule has 1 aromatic heterocycles. The number of anilines is 2. The highest BCUT2D eigenvalue weighted by Crippen LogP contribution is 2.21. The third-order valence-corrected chi connectivity index (χ3v) is 3.60. The molecule has 0 saturated carbocycles. The zero-order valence-electron chi connectivity index (χ0n) is 13.3. The number of rotatable bonds is 7. The van der Waals surface area contributed by atoms with Crippen LogP contribution in [0.25, 0.3) is 0 Å². The first-order valence-electron chi connectivity index (χ1n) is 7.32. The number of benzene rings is 1. The molecule has 5 heteroatoms. The van der Waals surface area contributed by atoms with Gasteiger partial charge < -0.3 is 20.1 Å². The van der Waals surface area contributed by atoms with Gasteiger partial charge in [-0.15, -0.1) is 0 Å². The van der Waals surface area contributed by atoms with Gasteiger partial charge in [0, 0.05) is 19.6 Å². The Hall–Kier alpha value is -2.27. The normalized spacial score (nSPS) is 11.8. The Morgan fingerprint density at radius 3 is 2.50 bits per heavy atom. The largest absolute Gasteiger partial charge is 0.497 e. The van der Waals surface area contributed by atoms with Crippen molar-refractivity contribution in [1.29, 1.82) is 0 Å². The molecule has 2 aromatic rings. The summed E-state index contributed by atoms with van der Waals surface area (Å²) in [5.41, 5.74) is 2.15. The summed E-state index contributed by atoms with van der Waals surface area (Å²) in [4.78, 5) is 6.38. The van der Waals surface area contributed by atoms with Crippen LogP contribution in [0.5, 0.6) is 5.75 Å². The van der Waals surface area contributed by atoms with Gasteiger partial charge in [-0.25, -0.2) is 4.98 Å². The molecule has 118 valence electrons. The average molecular weight is 301 g/mol. The molecule has 0 saturated heterocycles. The van der Waals surface area contributed by atoms with E-state index in [0.717, 1.165) is 17.3 Å². The minimum absolute atomic E-state index is 0.130. The van der Waals surface area contributed by atoms with Crippen LogP contribution in [-0.2, 0) is 0 Å². The van der Waals surface area contributed by atoms with Gasteiger partial charge in [-0.2, -0.15) is 0 Å². The number of hydrogen-bond acceptors (Lipinski definition) is 5. The molecule has 2 rings (SSSR count). The van der Waals surface area contributed by atoms with Gasteiger partial charge in [-0.05, 0) is 36.8 Å². The highest BCUT2D eigenvalue weighted by atomic mass is 16.5. The van der Waals surface area contributed by atoms with Gasteiger partial charge in [-0.1, -0.05) is 12.1 Å². The summed E-state index contributed by atoms with van der Waals surface area (Å²) in [6.45, 7) is 2.82. The van der Waals surface area contributed by atoms with Crippen molar-refractivity contribution in [3.8, 4) is 5.75 Å². The van der Waals surface area contributed by atoms with Gasteiger partial charge in [0.05, 0.1) is 25.6 Å². The lowest BCUT2D eigenvalue weighted by Gasteiger charge is -2.19. The number of methoxy groups -OCH3 is 1. The second-order valence-corrected chi connectivity index (χ2v) is 5.19. The molecular formula is C17H23N3O2. The van der Waals surface area contributed by atoms with Crippen LogP contribution >= 0.6 is 0 Å². The third kappa shape index (κ3) is 4.11. The first-order valence-corrected chi connectivity index (χ1v) is 7.32. The van der Waals surface area contributed by atoms with Crippen molar-refractivity contribution in [2.75, 3.05) is 37.5 Å². The second-order valence-electron chi connectivity index (χ2n) is 5.19. The number of aliphatic hydroxyl groups is 1. The van der Waals surface area contributed by atoms with E-state index in [1.54, 1.807) is 13.3 Å². The minimum Gasteiger partial charge on any atom is -0.497 e. The standard InChI is InChI=1S/C17H23N3O2/c1-13(14-4-7-16(22-3)8-5-14)19-17-9-6-15(12-18-17)20(2)10-11-21/h4-9,12-13,21H,10-11H2,1-3H3,(H,18,19). The quantitative estimate of drug-likeness (QED) is 0.823. The van der Waals surface area contributed by atoms with Crippen LogP contribution in [0.1, 0.15) is 18.5 Å². The predicted molar refractivity (Wildman–Crippen MR) is 89.6 cm³/mol. The number of hydrogen-bond donors (Lipinski definition) is 2. The van der Waals surface area contributed by atoms with Gasteiger partial charge >= 0.3 is 0 Å². The van der Waals surface area contributed by atoms with E-state index in [9.17, 15) is 0 Å². The van der Waals surface area contributed by atoms with Crippen LogP contribution in [-0.4, -0.2) is 37.4 Å². The molecule has 2 N–H and O–H groups in total. The molecule has 1 atom stereocenters. The summed E-state index contributed by atoms with van der Waals surface area (Å²) in [5, 5.41) is 12.3. The Kier molecular flexibility index (Phi) is 5.61. The van der Waals surface area contributed by atoms with Crippen molar-refractivity contribution in [3.63, 3.8) is 0 Å². The second kappa shape index (κ2) is 7.66. The van der Waals surface area contributed by atoms with Crippen LogP contribution < -0.4 is 15.0 Å². The predicted octanol–water partition coefficient (Wildman–Crippen LogP) is 2.69. The Morgan fingerprint density at radius 1 is 1.23 bits per heavy atom. The summed E-state index contributed by atoms with van der Waals surface area (Å²) < 4.78 is 5.17. The fourth-order valence-electron chi connectivity index (χ4n) is 2.17. The number of pyridine rings is 1. The summed E-state index contributed by atoms with van der Waals surface area (Å²) in [6, 6.07) is 12.1. The molecule has 0 aliphatic carbocycles. The van der Waals surface area contributed by atoms with Crippen molar-refractivity contribution >= 4 is 11.5 Å². The van der Waals surface area contributed by atoms with Crippen LogP contribution in [0.3, 0.4) is 0 Å². The van der Waals surface area contributed by atoms with Crippen LogP contribution in [0.4, 0.5) is 11.5 Å². The van der Waals surface area contributed by atoms with Crippen molar-refractivity contribution in [2.24, 2.45) is 0 Å². The summed E-state index contributed by atoms with van der Waals surface area (Å²) in [6.07, 6.45) is 1.80. The number of nitrogens with zero attached hydrogens (tertiary/aromatic N) is 2. The first kappa shape index (κ1) is 16.1. The number of aliphatic hydroxyl groups excluding tert-OH is 1. The molecule has 5 nitrogen and oxygen atoms in total. The van der Waals surface area contributed by atoms with Crippen molar-refractivity contribution in [3.05, 3.63) is 48.2 Å². The lowest BCUT2D eigenvalue weighted by Crippen LogP contribution is -2.21. The smallest absolute Gasteiger partial charge is 0.126 e. The lowest BCUT2D eigenvalue weighted by atomic mass is 10.1. The summed E-state index contributed by atoms with van der Waals surface area (Å²) in [5.74, 6) is 1.68. The van der Waals surface area contributed by atoms with E-state index in [-0.39, 0.29) is 12.6 Å². The maximum absolute atomic E-state index is 8.95. The van der Waals surface area contributed by atoms with E-state index in [4.69, 9.17) is 9.84 Å². The molecule has 0 aliphatic heterocycles. The first-order chi connectivity index (χ1) is 10.6. The fraction of sp³-hybridized carbons (Fsp3) is 0.353. The molecule has 22 heavy (non-hydrogen) atoms. The van der Waals surface area contributed by atoms with Crippen molar-refractivity contribution in [1.82, 2.24) is 4.98 Å². The zero-order chi connectivity index (χ0) is 15.9. The molecule has 0 bridgehead atoms. The topological polar surface area (TPSA) is 57.6 Å². The number of nitrogens with one attached hydrogen (secondary N) is 1. The molecule has 1 heterocycles. The van der Waals surface area contributed by atoms with Gasteiger partial charge in [-0.3, -0.25) is 0 Å². The van der Waals surface area contributed by atoms with E-state index in [1.165, 1.54) is 5.56 Å². The highest BCUT2D eigenvalue weighted by Gasteiger charge is 2.07. The third-order valence-electron chi connectivity index (χ3n) is 3.60. The maximum atomic E-state index is 8.95. The fourth-order valence-corrected chi connectivity index (χ4v) is 2.17. The Bertz CT molecular complexity index is 569. The van der Waals surface area contributed by atoms with E-state index >= 15 is 0 Å². The highest BCUT2D eigenvalue weighted by molar-refractivity contribution is 5.49. The number of ether oxygens (including phenoxy) is 1. The van der Waals surface area contributed by atoms with E-state index in [2.05, 4.69) is 17.2 Å². The average Bonchev–Trinajstić information content (AvgIpc) is 2.55. The maximum Gasteiger partial charge on any atom is 0.126 e. The molecule has 1 unspecified atom stereocenters. The Morgan fingerprint density at radius 2 is 1.95 bits per heavy atom. The number of likely N-dealkylation sites (N-methyl/N-ethyl adjacent to an activating group) is 1. The van der Waals surface area contributed by atoms with Crippen molar-refractivity contribution < 1.29 is 9.84 Å². The van der Waals surface area contributed by atoms with Crippen LogP contribution in [0, 0.1) is 0 Å². The van der Waals surface area contributed by atoms with Gasteiger partial charge in [0.15, 0.2) is 0 Å². The SMILES string of the molecule is COc1ccc(C(C)Nc2ccc(N(C)CCO)cn2)cc1. The van der Waals surface area contributed by atoms with Crippen molar-refractivity contribution in [2.45, 2.75) is 13.0 Å². The van der Waals surface area contributed by atoms with Gasteiger partial charge in [0.25, 0.3) is 0 Å². The van der Waals surface area contributed by atoms with Crippen LogP contribution in [0.2, 0.25) is 0 Å². The van der Waals surface area contributed by atoms with Gasteiger partial charge in [0.2, 0.25) is 0 Å². The van der Waals surface area contributed by atoms with Gasteiger partial charge in [0.1, 0.15) is 11.6 Å². The van der Waals surface area contributed by atoms with Crippen LogP contribution in [0.15, 0.2) is 42.6 Å². The molecule has 0 radical (unpaired) electrons. The monoisotopic (exact) mass is 301 g/mol. The lowest BCUT2D eigenvalue weighted by molar-refractivity contribution is 0.304. The molecule has 0 amide bonds. The Labute approximate surface area is 131 Å². The molecule has 0 aliphatic rings. The molecular weight excluding hydrogens is 278 g/mol. The number of aromatic nitrogens is 1. The van der Waals surface area contributed by atoms with E-state index < -0.39 is 0 Å². The van der Waals surface area contributed by atoms with E-state index in [1.807, 2.05) is 48.3 Å². The zero-order valence-corrected chi connectivity index (χ0v) is 13.3. The molecule has 1 aromatic carbocycles. The molecule has 0 fully saturated rings.